The number of carbonyl (C=O) groups is 3. The molecule has 3 aromatic carbocycles. The number of fused-ring (bicyclic) bond motifs is 1. The molecule has 0 aliphatic carbocycles. The molecule has 1 aliphatic rings. The molecular formula is C31H34N2O5. The lowest BCUT2D eigenvalue weighted by Crippen LogP contribution is -2.31. The van der Waals surface area contributed by atoms with Gasteiger partial charge < -0.3 is 14.7 Å². The van der Waals surface area contributed by atoms with E-state index in [1.807, 2.05) is 50.5 Å². The monoisotopic (exact) mass is 514 g/mol. The summed E-state index contributed by atoms with van der Waals surface area (Å²) in [6.07, 6.45) is 2.49. The fraction of sp³-hybridized carbons (Fsp3) is 0.323. The average Bonchev–Trinajstić information content (AvgIpc) is 3.14. The summed E-state index contributed by atoms with van der Waals surface area (Å²) in [5.74, 6) is -0.546. The molecule has 2 amide bonds. The van der Waals surface area contributed by atoms with E-state index in [9.17, 15) is 19.5 Å². The number of hydrogen-bond acceptors (Lipinski definition) is 5. The highest BCUT2D eigenvalue weighted by molar-refractivity contribution is 6.21. The Balaban J connectivity index is 1.51. The predicted molar refractivity (Wildman–Crippen MR) is 146 cm³/mol. The lowest BCUT2D eigenvalue weighted by atomic mass is 9.96. The first kappa shape index (κ1) is 27.1. The standard InChI is InChI=1S/C31H34N2O5/c1-32(2)15-7-17-38-28-11-6-3-8-25(28)21-24-19-22(12-13-29(34)35)18-23(20-24)14-16-33-30(36)26-9-4-5-10-27(26)31(33)37/h3-6,8-11,18-20H,7,12-17,21H2,1-2H3,(H,34,35). The van der Waals surface area contributed by atoms with Crippen molar-refractivity contribution < 1.29 is 24.2 Å². The normalized spacial score (nSPS) is 12.8. The van der Waals surface area contributed by atoms with Crippen LogP contribution in [0.4, 0.5) is 0 Å². The lowest BCUT2D eigenvalue weighted by molar-refractivity contribution is -0.136. The van der Waals surface area contributed by atoms with E-state index in [-0.39, 0.29) is 24.8 Å². The minimum atomic E-state index is -0.848. The summed E-state index contributed by atoms with van der Waals surface area (Å²) in [5.41, 5.74) is 4.86. The van der Waals surface area contributed by atoms with Crippen molar-refractivity contribution in [2.45, 2.75) is 32.1 Å². The van der Waals surface area contributed by atoms with E-state index in [0.717, 1.165) is 41.0 Å². The van der Waals surface area contributed by atoms with Crippen LogP contribution < -0.4 is 4.74 Å². The Morgan fingerprint density at radius 2 is 1.47 bits per heavy atom. The highest BCUT2D eigenvalue weighted by Crippen LogP contribution is 2.25. The first-order chi connectivity index (χ1) is 18.3. The van der Waals surface area contributed by atoms with E-state index in [4.69, 9.17) is 4.74 Å². The van der Waals surface area contributed by atoms with Gasteiger partial charge in [-0.3, -0.25) is 19.3 Å². The maximum Gasteiger partial charge on any atom is 0.303 e. The van der Waals surface area contributed by atoms with Crippen LogP contribution in [0.2, 0.25) is 0 Å². The summed E-state index contributed by atoms with van der Waals surface area (Å²) >= 11 is 0. The van der Waals surface area contributed by atoms with Gasteiger partial charge >= 0.3 is 5.97 Å². The molecule has 0 unspecified atom stereocenters. The molecule has 0 aromatic heterocycles. The number of rotatable bonds is 13. The molecule has 0 spiro atoms. The number of aryl methyl sites for hydroxylation is 1. The Morgan fingerprint density at radius 1 is 0.868 bits per heavy atom. The smallest absolute Gasteiger partial charge is 0.303 e. The Kier molecular flexibility index (Phi) is 8.92. The molecule has 3 aromatic rings. The summed E-state index contributed by atoms with van der Waals surface area (Å²) in [5, 5.41) is 9.21. The van der Waals surface area contributed by atoms with Gasteiger partial charge in [0, 0.05) is 25.9 Å². The summed E-state index contributed by atoms with van der Waals surface area (Å²) in [6, 6.07) is 20.9. The number of hydrogen-bond donors (Lipinski definition) is 1. The maximum atomic E-state index is 12.8. The molecule has 0 bridgehead atoms. The highest BCUT2D eigenvalue weighted by Gasteiger charge is 2.34. The van der Waals surface area contributed by atoms with Crippen molar-refractivity contribution in [1.82, 2.24) is 9.80 Å². The minimum Gasteiger partial charge on any atom is -0.493 e. The molecule has 4 rings (SSSR count). The fourth-order valence-corrected chi connectivity index (χ4v) is 4.74. The largest absolute Gasteiger partial charge is 0.493 e. The van der Waals surface area contributed by atoms with Crippen LogP contribution in [-0.2, 0) is 24.1 Å². The van der Waals surface area contributed by atoms with Crippen molar-refractivity contribution in [3.8, 4) is 5.75 Å². The van der Waals surface area contributed by atoms with Crippen LogP contribution in [0.25, 0.3) is 0 Å². The highest BCUT2D eigenvalue weighted by atomic mass is 16.5. The second-order valence-corrected chi connectivity index (χ2v) is 9.90. The molecule has 0 atom stereocenters. The number of nitrogens with zero attached hydrogens (tertiary/aromatic N) is 2. The van der Waals surface area contributed by atoms with Gasteiger partial charge in [0.25, 0.3) is 11.8 Å². The fourth-order valence-electron chi connectivity index (χ4n) is 4.74. The number of para-hydroxylation sites is 1. The molecule has 0 fully saturated rings. The quantitative estimate of drug-likeness (QED) is 0.268. The van der Waals surface area contributed by atoms with Gasteiger partial charge in [-0.25, -0.2) is 0 Å². The number of ether oxygens (including phenoxy) is 1. The van der Waals surface area contributed by atoms with E-state index in [1.54, 1.807) is 24.3 Å². The summed E-state index contributed by atoms with van der Waals surface area (Å²) < 4.78 is 6.08. The molecule has 1 aliphatic heterocycles. The van der Waals surface area contributed by atoms with E-state index < -0.39 is 5.97 Å². The van der Waals surface area contributed by atoms with Crippen LogP contribution >= 0.6 is 0 Å². The van der Waals surface area contributed by atoms with E-state index >= 15 is 0 Å². The molecular weight excluding hydrogens is 480 g/mol. The number of aliphatic carboxylic acids is 1. The number of carboxylic acid groups (broad SMARTS) is 1. The second kappa shape index (κ2) is 12.5. The predicted octanol–water partition coefficient (Wildman–Crippen LogP) is 4.46. The second-order valence-electron chi connectivity index (χ2n) is 9.90. The molecule has 0 radical (unpaired) electrons. The van der Waals surface area contributed by atoms with Gasteiger partial charge in [-0.2, -0.15) is 0 Å². The molecule has 1 heterocycles. The van der Waals surface area contributed by atoms with Gasteiger partial charge in [0.05, 0.1) is 17.7 Å². The van der Waals surface area contributed by atoms with Gasteiger partial charge in [-0.1, -0.05) is 48.5 Å². The third-order valence-electron chi connectivity index (χ3n) is 6.62. The van der Waals surface area contributed by atoms with E-state index in [1.165, 1.54) is 4.90 Å². The molecule has 198 valence electrons. The molecule has 7 nitrogen and oxygen atoms in total. The van der Waals surface area contributed by atoms with Gasteiger partial charge in [-0.15, -0.1) is 0 Å². The van der Waals surface area contributed by atoms with Crippen molar-refractivity contribution in [1.29, 1.82) is 0 Å². The molecule has 7 heteroatoms. The topological polar surface area (TPSA) is 87.2 Å². The van der Waals surface area contributed by atoms with Crippen LogP contribution in [0.5, 0.6) is 5.75 Å². The van der Waals surface area contributed by atoms with Gasteiger partial charge in [-0.05, 0) is 73.8 Å². The minimum absolute atomic E-state index is 0.0346. The zero-order valence-electron chi connectivity index (χ0n) is 22.0. The van der Waals surface area contributed by atoms with E-state index in [2.05, 4.69) is 11.0 Å². The van der Waals surface area contributed by atoms with Crippen molar-refractivity contribution in [3.05, 3.63) is 100 Å². The van der Waals surface area contributed by atoms with Crippen LogP contribution in [0.3, 0.4) is 0 Å². The summed E-state index contributed by atoms with van der Waals surface area (Å²) in [6.45, 7) is 1.84. The molecule has 1 N–H and O–H groups in total. The van der Waals surface area contributed by atoms with Crippen molar-refractivity contribution in [2.24, 2.45) is 0 Å². The Morgan fingerprint density at radius 3 is 2.13 bits per heavy atom. The lowest BCUT2D eigenvalue weighted by Gasteiger charge is -2.16. The Labute approximate surface area is 223 Å². The van der Waals surface area contributed by atoms with Gasteiger partial charge in [0.2, 0.25) is 0 Å². The van der Waals surface area contributed by atoms with Crippen LogP contribution in [0.1, 0.15) is 55.8 Å². The number of carboxylic acids is 1. The van der Waals surface area contributed by atoms with Crippen LogP contribution in [0, 0.1) is 0 Å². The van der Waals surface area contributed by atoms with Gasteiger partial charge in [0.1, 0.15) is 5.75 Å². The zero-order chi connectivity index (χ0) is 27.1. The molecule has 0 saturated heterocycles. The third-order valence-corrected chi connectivity index (χ3v) is 6.62. The number of imide groups is 1. The third kappa shape index (κ3) is 6.86. The van der Waals surface area contributed by atoms with Crippen LogP contribution in [-0.4, -0.2) is 66.5 Å². The number of carbonyl (C=O) groups excluding carboxylic acids is 2. The average molecular weight is 515 g/mol. The Bertz CT molecular complexity index is 1280. The Hall–Kier alpha value is -3.97. The SMILES string of the molecule is CN(C)CCCOc1ccccc1Cc1cc(CCC(=O)O)cc(CCN2C(=O)c3ccccc3C2=O)c1. The van der Waals surface area contributed by atoms with E-state index in [0.29, 0.717) is 37.0 Å². The first-order valence-corrected chi connectivity index (χ1v) is 13.0. The zero-order valence-corrected chi connectivity index (χ0v) is 22.0. The summed E-state index contributed by atoms with van der Waals surface area (Å²) in [4.78, 5) is 40.2. The van der Waals surface area contributed by atoms with Gasteiger partial charge in [0.15, 0.2) is 0 Å². The van der Waals surface area contributed by atoms with Crippen molar-refractivity contribution in [3.63, 3.8) is 0 Å². The maximum absolute atomic E-state index is 12.8. The van der Waals surface area contributed by atoms with Crippen molar-refractivity contribution in [2.75, 3.05) is 33.8 Å². The molecule has 38 heavy (non-hydrogen) atoms. The van der Waals surface area contributed by atoms with Crippen LogP contribution in [0.15, 0.2) is 66.7 Å². The first-order valence-electron chi connectivity index (χ1n) is 13.0. The van der Waals surface area contributed by atoms with Crippen molar-refractivity contribution >= 4 is 17.8 Å². The summed E-state index contributed by atoms with van der Waals surface area (Å²) in [7, 11) is 4.08. The molecule has 0 saturated carbocycles. The number of benzene rings is 3. The number of amides is 2.